The van der Waals surface area contributed by atoms with E-state index in [1.165, 1.54) is 4.90 Å². The molecule has 1 N–H and O–H groups in total. The Kier molecular flexibility index (Phi) is 5.30. The van der Waals surface area contributed by atoms with Gasteiger partial charge in [-0.25, -0.2) is 0 Å². The van der Waals surface area contributed by atoms with Crippen LogP contribution in [-0.2, 0) is 13.1 Å². The van der Waals surface area contributed by atoms with E-state index in [2.05, 4.69) is 5.32 Å². The number of rotatable bonds is 6. The van der Waals surface area contributed by atoms with Crippen LogP contribution in [0.15, 0.2) is 72.8 Å². The zero-order valence-electron chi connectivity index (χ0n) is 16.4. The Morgan fingerprint density at radius 1 is 0.900 bits per heavy atom. The fourth-order valence-corrected chi connectivity index (χ4v) is 3.50. The van der Waals surface area contributed by atoms with E-state index >= 15 is 0 Å². The summed E-state index contributed by atoms with van der Waals surface area (Å²) in [6, 6.07) is 21.2. The molecule has 0 fully saturated rings. The lowest BCUT2D eigenvalue weighted by Gasteiger charge is -2.15. The molecule has 0 unspecified atom stereocenters. The lowest BCUT2D eigenvalue weighted by atomic mass is 10.1. The molecule has 3 aromatic carbocycles. The van der Waals surface area contributed by atoms with E-state index in [0.29, 0.717) is 34.5 Å². The quantitative estimate of drug-likeness (QED) is 0.644. The Morgan fingerprint density at radius 3 is 2.27 bits per heavy atom. The van der Waals surface area contributed by atoms with Crippen LogP contribution >= 0.6 is 0 Å². The molecule has 0 aliphatic carbocycles. The summed E-state index contributed by atoms with van der Waals surface area (Å²) >= 11 is 0. The first-order valence-corrected chi connectivity index (χ1v) is 9.52. The first-order chi connectivity index (χ1) is 14.6. The molecule has 6 heteroatoms. The summed E-state index contributed by atoms with van der Waals surface area (Å²) in [6.45, 7) is 0.436. The number of imide groups is 1. The summed E-state index contributed by atoms with van der Waals surface area (Å²) in [7, 11) is 1.59. The van der Waals surface area contributed by atoms with E-state index in [9.17, 15) is 14.4 Å². The number of hydrogen-bond donors (Lipinski definition) is 1. The number of benzene rings is 3. The lowest BCUT2D eigenvalue weighted by molar-refractivity contribution is 0.0642. The number of para-hydroxylation sites is 1. The second kappa shape index (κ2) is 8.21. The number of fused-ring (bicyclic) bond motifs is 1. The first kappa shape index (κ1) is 19.4. The average Bonchev–Trinajstić information content (AvgIpc) is 3.03. The number of amides is 3. The van der Waals surface area contributed by atoms with Crippen LogP contribution < -0.4 is 10.1 Å². The van der Waals surface area contributed by atoms with Gasteiger partial charge in [-0.2, -0.15) is 0 Å². The molecule has 0 aromatic heterocycles. The standard InChI is InChI=1S/C24H20N2O4/c1-30-21-12-5-2-8-18(21)14-25-22(27)17-9-6-7-16(13-17)15-26-23(28)19-10-3-4-11-20(19)24(26)29/h2-13H,14-15H2,1H3,(H,25,27). The molecule has 3 amide bonds. The van der Waals surface area contributed by atoms with Crippen molar-refractivity contribution in [3.05, 3.63) is 101 Å². The topological polar surface area (TPSA) is 75.7 Å². The maximum Gasteiger partial charge on any atom is 0.261 e. The SMILES string of the molecule is COc1ccccc1CNC(=O)c1cccc(CN2C(=O)c3ccccc3C2=O)c1. The minimum absolute atomic E-state index is 0.111. The molecule has 150 valence electrons. The van der Waals surface area contributed by atoms with Crippen LogP contribution in [0.1, 0.15) is 42.2 Å². The zero-order valence-corrected chi connectivity index (χ0v) is 16.4. The maximum atomic E-state index is 12.6. The van der Waals surface area contributed by atoms with Crippen molar-refractivity contribution in [2.24, 2.45) is 0 Å². The number of carbonyl (C=O) groups is 3. The molecule has 0 spiro atoms. The third-order valence-electron chi connectivity index (χ3n) is 5.04. The highest BCUT2D eigenvalue weighted by molar-refractivity contribution is 6.21. The highest BCUT2D eigenvalue weighted by Crippen LogP contribution is 2.24. The van der Waals surface area contributed by atoms with Crippen LogP contribution in [0.3, 0.4) is 0 Å². The summed E-state index contributed by atoms with van der Waals surface area (Å²) in [5, 5.41) is 2.88. The van der Waals surface area contributed by atoms with Gasteiger partial charge in [0.25, 0.3) is 17.7 Å². The van der Waals surface area contributed by atoms with Gasteiger partial charge < -0.3 is 10.1 Å². The van der Waals surface area contributed by atoms with E-state index in [1.807, 2.05) is 24.3 Å². The Balaban J connectivity index is 1.46. The van der Waals surface area contributed by atoms with Crippen molar-refractivity contribution in [2.45, 2.75) is 13.1 Å². The molecule has 1 aliphatic heterocycles. The molecular weight excluding hydrogens is 380 g/mol. The van der Waals surface area contributed by atoms with Crippen LogP contribution in [0.5, 0.6) is 5.75 Å². The van der Waals surface area contributed by atoms with Gasteiger partial charge in [0.05, 0.1) is 24.8 Å². The third-order valence-corrected chi connectivity index (χ3v) is 5.04. The third kappa shape index (κ3) is 3.67. The van der Waals surface area contributed by atoms with Crippen molar-refractivity contribution < 1.29 is 19.1 Å². The Hall–Kier alpha value is -3.93. The fourth-order valence-electron chi connectivity index (χ4n) is 3.50. The van der Waals surface area contributed by atoms with Crippen LogP contribution in [0.25, 0.3) is 0 Å². The molecular formula is C24H20N2O4. The summed E-state index contributed by atoms with van der Waals surface area (Å²) in [4.78, 5) is 38.9. The van der Waals surface area contributed by atoms with Crippen LogP contribution in [-0.4, -0.2) is 29.7 Å². The average molecular weight is 400 g/mol. The van der Waals surface area contributed by atoms with Gasteiger partial charge in [-0.05, 0) is 35.9 Å². The molecule has 0 radical (unpaired) electrons. The van der Waals surface area contributed by atoms with Gasteiger partial charge in [0.1, 0.15) is 5.75 Å². The monoisotopic (exact) mass is 400 g/mol. The molecule has 4 rings (SSSR count). The molecule has 6 nitrogen and oxygen atoms in total. The smallest absolute Gasteiger partial charge is 0.261 e. The minimum atomic E-state index is -0.318. The molecule has 1 heterocycles. The first-order valence-electron chi connectivity index (χ1n) is 9.52. The van der Waals surface area contributed by atoms with Gasteiger partial charge in [-0.3, -0.25) is 19.3 Å². The van der Waals surface area contributed by atoms with Crippen molar-refractivity contribution in [1.29, 1.82) is 0 Å². The molecule has 0 bridgehead atoms. The largest absolute Gasteiger partial charge is 0.496 e. The van der Waals surface area contributed by atoms with Gasteiger partial charge >= 0.3 is 0 Å². The molecule has 0 saturated heterocycles. The fraction of sp³-hybridized carbons (Fsp3) is 0.125. The lowest BCUT2D eigenvalue weighted by Crippen LogP contribution is -2.29. The normalized spacial score (nSPS) is 12.6. The van der Waals surface area contributed by atoms with Gasteiger partial charge in [-0.1, -0.05) is 42.5 Å². The van der Waals surface area contributed by atoms with Gasteiger partial charge in [0.2, 0.25) is 0 Å². The highest BCUT2D eigenvalue weighted by Gasteiger charge is 2.34. The highest BCUT2D eigenvalue weighted by atomic mass is 16.5. The van der Waals surface area contributed by atoms with Gasteiger partial charge in [0, 0.05) is 17.7 Å². The predicted octanol–water partition coefficient (Wildman–Crippen LogP) is 3.42. The molecule has 1 aliphatic rings. The van der Waals surface area contributed by atoms with Crippen LogP contribution in [0, 0.1) is 0 Å². The predicted molar refractivity (Wildman–Crippen MR) is 111 cm³/mol. The zero-order chi connectivity index (χ0) is 21.1. The summed E-state index contributed by atoms with van der Waals surface area (Å²) in [5.41, 5.74) is 2.85. The van der Waals surface area contributed by atoms with Crippen molar-refractivity contribution in [1.82, 2.24) is 10.2 Å². The summed E-state index contributed by atoms with van der Waals surface area (Å²) in [6.07, 6.45) is 0. The molecule has 3 aromatic rings. The number of methoxy groups -OCH3 is 1. The number of carbonyl (C=O) groups excluding carboxylic acids is 3. The van der Waals surface area contributed by atoms with Crippen LogP contribution in [0.2, 0.25) is 0 Å². The van der Waals surface area contributed by atoms with Crippen molar-refractivity contribution in [3.63, 3.8) is 0 Å². The van der Waals surface area contributed by atoms with Crippen molar-refractivity contribution in [3.8, 4) is 5.75 Å². The number of nitrogens with zero attached hydrogens (tertiary/aromatic N) is 1. The van der Waals surface area contributed by atoms with E-state index in [0.717, 1.165) is 5.56 Å². The Bertz CT molecular complexity index is 1100. The summed E-state index contributed by atoms with van der Waals surface area (Å²) < 4.78 is 5.30. The van der Waals surface area contributed by atoms with Crippen molar-refractivity contribution in [2.75, 3.05) is 7.11 Å². The second-order valence-electron chi connectivity index (χ2n) is 6.94. The number of ether oxygens (including phenoxy) is 1. The maximum absolute atomic E-state index is 12.6. The Labute approximate surface area is 174 Å². The molecule has 0 atom stereocenters. The van der Waals surface area contributed by atoms with E-state index in [-0.39, 0.29) is 24.3 Å². The number of hydrogen-bond acceptors (Lipinski definition) is 4. The van der Waals surface area contributed by atoms with Gasteiger partial charge in [-0.15, -0.1) is 0 Å². The van der Waals surface area contributed by atoms with Crippen LogP contribution in [0.4, 0.5) is 0 Å². The van der Waals surface area contributed by atoms with Gasteiger partial charge in [0.15, 0.2) is 0 Å². The summed E-state index contributed by atoms with van der Waals surface area (Å²) in [5.74, 6) is -0.175. The number of nitrogens with one attached hydrogen (secondary N) is 1. The van der Waals surface area contributed by atoms with E-state index < -0.39 is 0 Å². The second-order valence-corrected chi connectivity index (χ2v) is 6.94. The van der Waals surface area contributed by atoms with E-state index in [1.54, 1.807) is 55.6 Å². The Morgan fingerprint density at radius 2 is 1.57 bits per heavy atom. The molecule has 30 heavy (non-hydrogen) atoms. The molecule has 0 saturated carbocycles. The minimum Gasteiger partial charge on any atom is -0.496 e. The van der Waals surface area contributed by atoms with Crippen molar-refractivity contribution >= 4 is 17.7 Å². The van der Waals surface area contributed by atoms with E-state index in [4.69, 9.17) is 4.74 Å².